The van der Waals surface area contributed by atoms with Crippen LogP contribution in [0.4, 0.5) is 0 Å². The lowest BCUT2D eigenvalue weighted by Crippen LogP contribution is -2.53. The number of carbonyl (C=O) groups excluding carboxylic acids is 6. The van der Waals surface area contributed by atoms with E-state index in [2.05, 4.69) is 4.74 Å². The highest BCUT2D eigenvalue weighted by atomic mass is 16.6. The number of hydrogen-bond donors (Lipinski definition) is 0. The first-order valence-corrected chi connectivity index (χ1v) is 9.30. The Morgan fingerprint density at radius 1 is 0.677 bits per heavy atom. The molecule has 0 heterocycles. The number of methoxy groups -OCH3 is 1. The second kappa shape index (κ2) is 14.1. The van der Waals surface area contributed by atoms with Gasteiger partial charge in [-0.05, 0) is 6.92 Å². The summed E-state index contributed by atoms with van der Waals surface area (Å²) in [7, 11) is 1.16. The van der Waals surface area contributed by atoms with Crippen LogP contribution in [-0.2, 0) is 57.2 Å². The van der Waals surface area contributed by atoms with Crippen LogP contribution in [0.25, 0.3) is 0 Å². The monoisotopic (exact) mass is 448 g/mol. The van der Waals surface area contributed by atoms with Gasteiger partial charge >= 0.3 is 29.8 Å². The molecular formula is C19H28O12. The van der Waals surface area contributed by atoms with E-state index in [1.165, 1.54) is 6.92 Å². The quantitative estimate of drug-likeness (QED) is 0.209. The molecule has 0 amide bonds. The maximum absolute atomic E-state index is 12.1. The number of ketones is 1. The van der Waals surface area contributed by atoms with Crippen LogP contribution in [0.2, 0.25) is 0 Å². The summed E-state index contributed by atoms with van der Waals surface area (Å²) in [5.74, 6) is -5.35. The van der Waals surface area contributed by atoms with Crippen molar-refractivity contribution >= 4 is 35.6 Å². The Hall–Kier alpha value is -3.02. The molecule has 12 heteroatoms. The molecule has 0 radical (unpaired) electrons. The molecule has 0 rings (SSSR count). The third kappa shape index (κ3) is 11.1. The standard InChI is InChI=1S/C19H28O12/c1-7-27-19(25)14(24)8-15(26-6)17(30-12(4)22)18(31-13(5)23)16(29-11(3)21)9-28-10(2)20/h15-18H,7-9H2,1-6H3/t15-,16+,17+,18+/m0/s1. The number of hydrogen-bond acceptors (Lipinski definition) is 12. The fraction of sp³-hybridized carbons (Fsp3) is 0.684. The highest BCUT2D eigenvalue weighted by molar-refractivity contribution is 6.33. The first kappa shape index (κ1) is 28.0. The molecule has 0 spiro atoms. The van der Waals surface area contributed by atoms with Crippen molar-refractivity contribution in [2.45, 2.75) is 65.5 Å². The van der Waals surface area contributed by atoms with E-state index in [-0.39, 0.29) is 6.61 Å². The fourth-order valence-electron chi connectivity index (χ4n) is 2.51. The van der Waals surface area contributed by atoms with Gasteiger partial charge in [0.1, 0.15) is 12.7 Å². The second-order valence-electron chi connectivity index (χ2n) is 6.22. The molecule has 0 aromatic carbocycles. The number of esters is 5. The van der Waals surface area contributed by atoms with E-state index < -0.39 is 73.1 Å². The number of carbonyl (C=O) groups is 6. The second-order valence-corrected chi connectivity index (χ2v) is 6.22. The van der Waals surface area contributed by atoms with E-state index in [0.717, 1.165) is 34.8 Å². The minimum absolute atomic E-state index is 0.0391. The molecule has 0 aliphatic carbocycles. The number of Topliss-reactive ketones (excluding diaryl/α,β-unsaturated/α-hetero) is 1. The van der Waals surface area contributed by atoms with Crippen LogP contribution in [0.3, 0.4) is 0 Å². The molecule has 0 bridgehead atoms. The Balaban J connectivity index is 6.09. The average molecular weight is 448 g/mol. The van der Waals surface area contributed by atoms with Gasteiger partial charge in [0, 0.05) is 41.2 Å². The van der Waals surface area contributed by atoms with E-state index in [9.17, 15) is 28.8 Å². The van der Waals surface area contributed by atoms with Gasteiger partial charge in [-0.25, -0.2) is 4.79 Å². The molecule has 176 valence electrons. The lowest BCUT2D eigenvalue weighted by Gasteiger charge is -2.35. The van der Waals surface area contributed by atoms with Crippen molar-refractivity contribution in [3.8, 4) is 0 Å². The Labute approximate surface area is 179 Å². The van der Waals surface area contributed by atoms with E-state index in [1.807, 2.05) is 0 Å². The van der Waals surface area contributed by atoms with Crippen molar-refractivity contribution in [1.82, 2.24) is 0 Å². The van der Waals surface area contributed by atoms with Crippen molar-refractivity contribution in [2.75, 3.05) is 20.3 Å². The van der Waals surface area contributed by atoms with Crippen LogP contribution >= 0.6 is 0 Å². The van der Waals surface area contributed by atoms with Gasteiger partial charge in [0.25, 0.3) is 0 Å². The molecule has 0 aromatic heterocycles. The molecular weight excluding hydrogens is 420 g/mol. The van der Waals surface area contributed by atoms with Gasteiger partial charge < -0.3 is 28.4 Å². The normalized spacial score (nSPS) is 14.3. The van der Waals surface area contributed by atoms with Crippen LogP contribution in [0.1, 0.15) is 41.0 Å². The first-order valence-electron chi connectivity index (χ1n) is 9.30. The predicted octanol–water partition coefficient (Wildman–Crippen LogP) is -0.118. The van der Waals surface area contributed by atoms with Crippen LogP contribution in [0.5, 0.6) is 0 Å². The summed E-state index contributed by atoms with van der Waals surface area (Å²) in [6.45, 7) is 5.17. The van der Waals surface area contributed by atoms with E-state index in [0.29, 0.717) is 0 Å². The zero-order chi connectivity index (χ0) is 24.1. The maximum Gasteiger partial charge on any atom is 0.374 e. The molecule has 4 atom stereocenters. The van der Waals surface area contributed by atoms with Crippen molar-refractivity contribution in [3.05, 3.63) is 0 Å². The van der Waals surface area contributed by atoms with Gasteiger partial charge in [-0.2, -0.15) is 0 Å². The van der Waals surface area contributed by atoms with Gasteiger partial charge in [-0.15, -0.1) is 0 Å². The van der Waals surface area contributed by atoms with Gasteiger partial charge in [0.05, 0.1) is 6.61 Å². The first-order chi connectivity index (χ1) is 14.4. The van der Waals surface area contributed by atoms with Gasteiger partial charge in [-0.1, -0.05) is 0 Å². The molecule has 0 saturated carbocycles. The molecule has 0 fully saturated rings. The summed E-state index contributed by atoms with van der Waals surface area (Å²) >= 11 is 0. The molecule has 0 unspecified atom stereocenters. The molecule has 0 saturated heterocycles. The van der Waals surface area contributed by atoms with Crippen molar-refractivity contribution < 1.29 is 57.2 Å². The molecule has 0 aliphatic heterocycles. The zero-order valence-electron chi connectivity index (χ0n) is 18.3. The molecule has 0 aromatic rings. The summed E-state index contributed by atoms with van der Waals surface area (Å²) in [5, 5.41) is 0. The van der Waals surface area contributed by atoms with Gasteiger partial charge in [0.2, 0.25) is 5.78 Å². The van der Waals surface area contributed by atoms with Gasteiger partial charge in [0.15, 0.2) is 18.3 Å². The van der Waals surface area contributed by atoms with Crippen molar-refractivity contribution in [2.24, 2.45) is 0 Å². The van der Waals surface area contributed by atoms with Crippen LogP contribution < -0.4 is 0 Å². The summed E-state index contributed by atoms with van der Waals surface area (Å²) in [4.78, 5) is 70.0. The lowest BCUT2D eigenvalue weighted by molar-refractivity contribution is -0.200. The SMILES string of the molecule is CCOC(=O)C(=O)C[C@H](OC)[C@@H](OC(C)=O)[C@H](OC(C)=O)[C@@H](COC(C)=O)OC(C)=O. The fourth-order valence-corrected chi connectivity index (χ4v) is 2.51. The Morgan fingerprint density at radius 3 is 1.55 bits per heavy atom. The molecule has 31 heavy (non-hydrogen) atoms. The third-order valence-corrected chi connectivity index (χ3v) is 3.62. The molecule has 0 aliphatic rings. The summed E-state index contributed by atoms with van der Waals surface area (Å²) in [6, 6.07) is 0. The van der Waals surface area contributed by atoms with E-state index in [1.54, 1.807) is 0 Å². The zero-order valence-corrected chi connectivity index (χ0v) is 18.3. The average Bonchev–Trinajstić information content (AvgIpc) is 2.65. The van der Waals surface area contributed by atoms with E-state index in [4.69, 9.17) is 23.7 Å². The Morgan fingerprint density at radius 2 is 1.16 bits per heavy atom. The number of rotatable bonds is 13. The summed E-state index contributed by atoms with van der Waals surface area (Å²) < 4.78 is 30.2. The Bertz CT molecular complexity index is 671. The molecule has 0 N–H and O–H groups in total. The summed E-state index contributed by atoms with van der Waals surface area (Å²) in [6.07, 6.45) is -6.37. The third-order valence-electron chi connectivity index (χ3n) is 3.62. The Kier molecular flexibility index (Phi) is 12.7. The minimum Gasteiger partial charge on any atom is -0.462 e. The van der Waals surface area contributed by atoms with Crippen molar-refractivity contribution in [1.29, 1.82) is 0 Å². The van der Waals surface area contributed by atoms with Crippen LogP contribution in [0, 0.1) is 0 Å². The van der Waals surface area contributed by atoms with E-state index >= 15 is 0 Å². The van der Waals surface area contributed by atoms with Crippen LogP contribution in [0.15, 0.2) is 0 Å². The minimum atomic E-state index is -1.54. The highest BCUT2D eigenvalue weighted by Crippen LogP contribution is 2.21. The van der Waals surface area contributed by atoms with Crippen LogP contribution in [-0.4, -0.2) is 80.4 Å². The smallest absolute Gasteiger partial charge is 0.374 e. The largest absolute Gasteiger partial charge is 0.462 e. The number of ether oxygens (including phenoxy) is 6. The highest BCUT2D eigenvalue weighted by Gasteiger charge is 2.43. The topological polar surface area (TPSA) is 158 Å². The van der Waals surface area contributed by atoms with Crippen molar-refractivity contribution in [3.63, 3.8) is 0 Å². The maximum atomic E-state index is 12.1. The predicted molar refractivity (Wildman–Crippen MR) is 100 cm³/mol. The van der Waals surface area contributed by atoms with Gasteiger partial charge in [-0.3, -0.25) is 24.0 Å². The molecule has 12 nitrogen and oxygen atoms in total. The summed E-state index contributed by atoms with van der Waals surface area (Å²) in [5.41, 5.74) is 0. The lowest BCUT2D eigenvalue weighted by atomic mass is 9.98.